The van der Waals surface area contributed by atoms with E-state index in [0.29, 0.717) is 12.0 Å². The Morgan fingerprint density at radius 2 is 2.17 bits per heavy atom. The van der Waals surface area contributed by atoms with Crippen molar-refractivity contribution in [3.05, 3.63) is 29.8 Å². The molecule has 2 aromatic rings. The zero-order valence-corrected chi connectivity index (χ0v) is 13.8. The molecule has 3 rings (SSSR count). The number of rotatable bonds is 6. The molecule has 0 aliphatic carbocycles. The van der Waals surface area contributed by atoms with Crippen molar-refractivity contribution in [2.45, 2.75) is 32.6 Å². The van der Waals surface area contributed by atoms with E-state index in [4.69, 9.17) is 0 Å². The van der Waals surface area contributed by atoms with Crippen LogP contribution in [0.3, 0.4) is 0 Å². The minimum Gasteiger partial charge on any atom is -0.307 e. The molecule has 128 valence electrons. The highest BCUT2D eigenvalue weighted by Crippen LogP contribution is 2.24. The molecule has 7 heteroatoms. The molecule has 3 heterocycles. The fourth-order valence-corrected chi connectivity index (χ4v) is 2.88. The predicted molar refractivity (Wildman–Crippen MR) is 90.1 cm³/mol. The number of nitrogens with one attached hydrogen (secondary N) is 2. The number of H-pyrrole nitrogens is 1. The average molecular weight is 331 g/mol. The Morgan fingerprint density at radius 1 is 1.38 bits per heavy atom. The molecule has 0 aromatic carbocycles. The molecule has 1 saturated heterocycles. The van der Waals surface area contributed by atoms with Crippen molar-refractivity contribution < 1.29 is 9.18 Å². The summed E-state index contributed by atoms with van der Waals surface area (Å²) in [5.41, 5.74) is 1.68. The van der Waals surface area contributed by atoms with Crippen LogP contribution in [0.5, 0.6) is 0 Å². The Balaban J connectivity index is 1.55. The van der Waals surface area contributed by atoms with E-state index < -0.39 is 5.82 Å². The van der Waals surface area contributed by atoms with Crippen molar-refractivity contribution in [1.29, 1.82) is 0 Å². The highest BCUT2D eigenvalue weighted by atomic mass is 19.1. The predicted octanol–water partition coefficient (Wildman–Crippen LogP) is 2.73. The third-order valence-corrected chi connectivity index (χ3v) is 4.24. The van der Waals surface area contributed by atoms with Crippen LogP contribution in [-0.4, -0.2) is 45.6 Å². The monoisotopic (exact) mass is 331 g/mol. The first-order valence-corrected chi connectivity index (χ1v) is 8.32. The van der Waals surface area contributed by atoms with E-state index in [1.165, 1.54) is 12.8 Å². The third kappa shape index (κ3) is 3.97. The number of amides is 1. The minimum absolute atomic E-state index is 0.0586. The average Bonchev–Trinajstić information content (AvgIpc) is 3.20. The topological polar surface area (TPSA) is 73.9 Å². The van der Waals surface area contributed by atoms with Crippen LogP contribution in [0.4, 0.5) is 10.2 Å². The third-order valence-electron chi connectivity index (χ3n) is 4.24. The van der Waals surface area contributed by atoms with Crippen molar-refractivity contribution >= 4 is 11.7 Å². The van der Waals surface area contributed by atoms with Crippen LogP contribution < -0.4 is 5.32 Å². The number of anilines is 1. The maximum atomic E-state index is 14.4. The first-order valence-electron chi connectivity index (χ1n) is 8.32. The zero-order chi connectivity index (χ0) is 16.9. The summed E-state index contributed by atoms with van der Waals surface area (Å²) in [4.78, 5) is 18.5. The van der Waals surface area contributed by atoms with E-state index in [-0.39, 0.29) is 17.4 Å². The van der Waals surface area contributed by atoms with E-state index >= 15 is 0 Å². The quantitative estimate of drug-likeness (QED) is 0.853. The van der Waals surface area contributed by atoms with Crippen LogP contribution >= 0.6 is 0 Å². The van der Waals surface area contributed by atoms with Gasteiger partial charge in [0.05, 0.1) is 0 Å². The Kier molecular flexibility index (Phi) is 5.20. The first-order chi connectivity index (χ1) is 11.6. The van der Waals surface area contributed by atoms with Gasteiger partial charge in [0.2, 0.25) is 5.91 Å². The number of aromatic amines is 1. The number of carbonyl (C=O) groups is 1. The molecule has 6 nitrogen and oxygen atoms in total. The molecule has 2 N–H and O–H groups in total. The largest absolute Gasteiger partial charge is 0.307 e. The van der Waals surface area contributed by atoms with Gasteiger partial charge in [0.25, 0.3) is 0 Å². The van der Waals surface area contributed by atoms with E-state index in [1.807, 2.05) is 6.92 Å². The Morgan fingerprint density at radius 3 is 2.88 bits per heavy atom. The van der Waals surface area contributed by atoms with E-state index in [2.05, 4.69) is 25.4 Å². The fourth-order valence-electron chi connectivity index (χ4n) is 2.88. The summed E-state index contributed by atoms with van der Waals surface area (Å²) < 4.78 is 14.4. The lowest BCUT2D eigenvalue weighted by molar-refractivity contribution is -0.116. The van der Waals surface area contributed by atoms with Crippen molar-refractivity contribution in [3.63, 3.8) is 0 Å². The van der Waals surface area contributed by atoms with Crippen molar-refractivity contribution in [3.8, 4) is 11.3 Å². The lowest BCUT2D eigenvalue weighted by Gasteiger charge is -2.13. The number of aromatic nitrogens is 3. The molecule has 1 fully saturated rings. The van der Waals surface area contributed by atoms with Crippen molar-refractivity contribution in [2.75, 3.05) is 25.0 Å². The maximum Gasteiger partial charge on any atom is 0.225 e. The molecule has 0 spiro atoms. The summed E-state index contributed by atoms with van der Waals surface area (Å²) in [6, 6.07) is 3.56. The van der Waals surface area contributed by atoms with Gasteiger partial charge in [0.15, 0.2) is 11.6 Å². The number of hydrogen-bond acceptors (Lipinski definition) is 4. The smallest absolute Gasteiger partial charge is 0.225 e. The number of pyridine rings is 1. The molecule has 24 heavy (non-hydrogen) atoms. The molecule has 1 amide bonds. The second kappa shape index (κ2) is 7.53. The zero-order valence-electron chi connectivity index (χ0n) is 13.8. The molecule has 2 aromatic heterocycles. The second-order valence-electron chi connectivity index (χ2n) is 6.15. The maximum absolute atomic E-state index is 14.4. The molecular formula is C17H22FN5O. The van der Waals surface area contributed by atoms with Gasteiger partial charge in [0, 0.05) is 23.9 Å². The molecule has 0 saturated carbocycles. The van der Waals surface area contributed by atoms with Gasteiger partial charge in [0.1, 0.15) is 5.69 Å². The van der Waals surface area contributed by atoms with Crippen LogP contribution in [0.1, 0.15) is 31.4 Å². The number of likely N-dealkylation sites (tertiary alicyclic amines) is 1. The van der Waals surface area contributed by atoms with Gasteiger partial charge in [-0.05, 0) is 58.0 Å². The summed E-state index contributed by atoms with van der Waals surface area (Å²) in [5, 5.41) is 9.04. The van der Waals surface area contributed by atoms with Crippen LogP contribution in [0.2, 0.25) is 0 Å². The molecule has 1 aliphatic rings. The molecule has 0 radical (unpaired) electrons. The number of carbonyl (C=O) groups excluding carboxylic acids is 1. The second-order valence-corrected chi connectivity index (χ2v) is 6.15. The SMILES string of the molecule is Cc1ccc(-c2[nH]nc(NC(=O)CCCN3CCCC3)c2F)cn1. The van der Waals surface area contributed by atoms with Gasteiger partial charge < -0.3 is 10.2 Å². The minimum atomic E-state index is -0.562. The van der Waals surface area contributed by atoms with Gasteiger partial charge in [-0.25, -0.2) is 4.39 Å². The molecule has 0 bridgehead atoms. The molecule has 0 atom stereocenters. The molecular weight excluding hydrogens is 309 g/mol. The van der Waals surface area contributed by atoms with Gasteiger partial charge in [-0.15, -0.1) is 0 Å². The number of nitrogens with zero attached hydrogens (tertiary/aromatic N) is 3. The summed E-state index contributed by atoms with van der Waals surface area (Å²) >= 11 is 0. The van der Waals surface area contributed by atoms with Crippen LogP contribution in [-0.2, 0) is 4.79 Å². The Bertz CT molecular complexity index is 692. The number of hydrogen-bond donors (Lipinski definition) is 2. The van der Waals surface area contributed by atoms with Gasteiger partial charge in [-0.1, -0.05) is 0 Å². The Labute approximate surface area is 140 Å². The summed E-state index contributed by atoms with van der Waals surface area (Å²) in [7, 11) is 0. The van der Waals surface area contributed by atoms with Crippen molar-refractivity contribution in [2.24, 2.45) is 0 Å². The van der Waals surface area contributed by atoms with Crippen LogP contribution in [0, 0.1) is 12.7 Å². The van der Waals surface area contributed by atoms with Gasteiger partial charge in [-0.3, -0.25) is 14.9 Å². The lowest BCUT2D eigenvalue weighted by atomic mass is 10.2. The summed E-state index contributed by atoms with van der Waals surface area (Å²) in [6.07, 6.45) is 5.19. The lowest BCUT2D eigenvalue weighted by Crippen LogP contribution is -2.22. The highest BCUT2D eigenvalue weighted by molar-refractivity contribution is 5.90. The highest BCUT2D eigenvalue weighted by Gasteiger charge is 2.17. The molecule has 1 aliphatic heterocycles. The van der Waals surface area contributed by atoms with E-state index in [0.717, 1.165) is 31.7 Å². The van der Waals surface area contributed by atoms with E-state index in [9.17, 15) is 9.18 Å². The van der Waals surface area contributed by atoms with Crippen molar-refractivity contribution in [1.82, 2.24) is 20.1 Å². The standard InChI is InChI=1S/C17H22FN5O/c1-12-6-7-13(11-19-12)16-15(18)17(22-21-16)20-14(24)5-4-10-23-8-2-3-9-23/h6-7,11H,2-5,8-10H2,1H3,(H2,20,21,22,24). The van der Waals surface area contributed by atoms with Crippen LogP contribution in [0.25, 0.3) is 11.3 Å². The summed E-state index contributed by atoms with van der Waals surface area (Å²) in [5.74, 6) is -0.835. The Hall–Kier alpha value is -2.28. The van der Waals surface area contributed by atoms with Crippen LogP contribution in [0.15, 0.2) is 18.3 Å². The normalized spacial score (nSPS) is 14.9. The summed E-state index contributed by atoms with van der Waals surface area (Å²) in [6.45, 7) is 5.00. The first kappa shape index (κ1) is 16.6. The molecule has 0 unspecified atom stereocenters. The number of halogens is 1. The van der Waals surface area contributed by atoms with Gasteiger partial charge in [-0.2, -0.15) is 5.10 Å². The number of aryl methyl sites for hydroxylation is 1. The fraction of sp³-hybridized carbons (Fsp3) is 0.471. The van der Waals surface area contributed by atoms with Gasteiger partial charge >= 0.3 is 0 Å². The van der Waals surface area contributed by atoms with E-state index in [1.54, 1.807) is 18.3 Å².